The van der Waals surface area contributed by atoms with Gasteiger partial charge in [-0.05, 0) is 44.2 Å². The van der Waals surface area contributed by atoms with Gasteiger partial charge in [0.2, 0.25) is 0 Å². The van der Waals surface area contributed by atoms with Crippen molar-refractivity contribution >= 4 is 15.9 Å². The first-order valence-electron chi connectivity index (χ1n) is 6.54. The van der Waals surface area contributed by atoms with Crippen molar-refractivity contribution in [3.63, 3.8) is 0 Å². The molecule has 1 N–H and O–H groups in total. The summed E-state index contributed by atoms with van der Waals surface area (Å²) in [7, 11) is 2.14. The fourth-order valence-corrected chi connectivity index (χ4v) is 1.97. The number of nitrogens with one attached hydrogen (secondary N) is 1. The molecule has 0 unspecified atom stereocenters. The quantitative estimate of drug-likeness (QED) is 0.798. The van der Waals surface area contributed by atoms with Gasteiger partial charge >= 0.3 is 0 Å². The summed E-state index contributed by atoms with van der Waals surface area (Å²) < 4.78 is 6.77. The molecule has 4 heteroatoms. The molecule has 2 rings (SSSR count). The second-order valence-electron chi connectivity index (χ2n) is 4.83. The molecule has 1 aromatic rings. The highest BCUT2D eigenvalue weighted by molar-refractivity contribution is 9.10. The van der Waals surface area contributed by atoms with Gasteiger partial charge in [-0.15, -0.1) is 0 Å². The molecule has 0 bridgehead atoms. The Morgan fingerprint density at radius 1 is 1.28 bits per heavy atom. The van der Waals surface area contributed by atoms with Crippen molar-refractivity contribution in [2.75, 3.05) is 33.3 Å². The second-order valence-corrected chi connectivity index (χ2v) is 5.75. The maximum Gasteiger partial charge on any atom is 0.119 e. The molecule has 1 aromatic carbocycles. The smallest absolute Gasteiger partial charge is 0.119 e. The standard InChI is InChI=1S/C14H21BrN2O/c1-17(9-8-16-13-4-5-13)10-11-18-14-6-2-12(15)3-7-14/h2-3,6-7,13,16H,4-5,8-11H2,1H3. The van der Waals surface area contributed by atoms with Gasteiger partial charge in [-0.25, -0.2) is 0 Å². The van der Waals surface area contributed by atoms with Gasteiger partial charge in [0, 0.05) is 30.1 Å². The molecule has 1 fully saturated rings. The van der Waals surface area contributed by atoms with E-state index in [1.54, 1.807) is 0 Å². The lowest BCUT2D eigenvalue weighted by Gasteiger charge is -2.17. The molecule has 100 valence electrons. The molecule has 0 aliphatic heterocycles. The van der Waals surface area contributed by atoms with Crippen LogP contribution in [0.1, 0.15) is 12.8 Å². The van der Waals surface area contributed by atoms with Crippen LogP contribution in [0, 0.1) is 0 Å². The van der Waals surface area contributed by atoms with Crippen LogP contribution in [-0.4, -0.2) is 44.2 Å². The Morgan fingerprint density at radius 3 is 2.67 bits per heavy atom. The average Bonchev–Trinajstić information content (AvgIpc) is 3.16. The van der Waals surface area contributed by atoms with Crippen LogP contribution >= 0.6 is 15.9 Å². The number of benzene rings is 1. The summed E-state index contributed by atoms with van der Waals surface area (Å²) in [6.45, 7) is 3.86. The van der Waals surface area contributed by atoms with Gasteiger partial charge in [0.25, 0.3) is 0 Å². The minimum Gasteiger partial charge on any atom is -0.492 e. The number of halogens is 1. The van der Waals surface area contributed by atoms with Crippen molar-refractivity contribution in [3.8, 4) is 5.75 Å². The third-order valence-electron chi connectivity index (χ3n) is 3.06. The minimum atomic E-state index is 0.738. The molecule has 0 aromatic heterocycles. The van der Waals surface area contributed by atoms with Crippen molar-refractivity contribution in [1.82, 2.24) is 10.2 Å². The van der Waals surface area contributed by atoms with Crippen LogP contribution < -0.4 is 10.1 Å². The molecular weight excluding hydrogens is 292 g/mol. The highest BCUT2D eigenvalue weighted by atomic mass is 79.9. The van der Waals surface area contributed by atoms with Crippen LogP contribution in [0.15, 0.2) is 28.7 Å². The number of hydrogen-bond acceptors (Lipinski definition) is 3. The van der Waals surface area contributed by atoms with E-state index in [0.29, 0.717) is 0 Å². The molecule has 0 saturated heterocycles. The largest absolute Gasteiger partial charge is 0.492 e. The van der Waals surface area contributed by atoms with Crippen LogP contribution in [0.3, 0.4) is 0 Å². The highest BCUT2D eigenvalue weighted by Gasteiger charge is 2.19. The summed E-state index contributed by atoms with van der Waals surface area (Å²) in [6.07, 6.45) is 2.72. The van der Waals surface area contributed by atoms with Gasteiger partial charge in [0.1, 0.15) is 12.4 Å². The number of hydrogen-bond donors (Lipinski definition) is 1. The van der Waals surface area contributed by atoms with E-state index >= 15 is 0 Å². The predicted octanol–water partition coefficient (Wildman–Crippen LogP) is 2.51. The van der Waals surface area contributed by atoms with E-state index in [-0.39, 0.29) is 0 Å². The first kappa shape index (κ1) is 13.8. The summed E-state index contributed by atoms with van der Waals surface area (Å²) in [4.78, 5) is 2.30. The van der Waals surface area contributed by atoms with Crippen molar-refractivity contribution < 1.29 is 4.74 Å². The molecule has 0 heterocycles. The Labute approximate surface area is 118 Å². The maximum atomic E-state index is 5.69. The van der Waals surface area contributed by atoms with Crippen LogP contribution in [-0.2, 0) is 0 Å². The Balaban J connectivity index is 1.54. The Morgan fingerprint density at radius 2 is 2.00 bits per heavy atom. The van der Waals surface area contributed by atoms with Gasteiger partial charge in [0.15, 0.2) is 0 Å². The van der Waals surface area contributed by atoms with Crippen molar-refractivity contribution in [1.29, 1.82) is 0 Å². The fourth-order valence-electron chi connectivity index (χ4n) is 1.71. The third-order valence-corrected chi connectivity index (χ3v) is 3.59. The lowest BCUT2D eigenvalue weighted by Crippen LogP contribution is -2.32. The summed E-state index contributed by atoms with van der Waals surface area (Å²) in [5, 5.41) is 3.51. The summed E-state index contributed by atoms with van der Waals surface area (Å²) >= 11 is 3.41. The van der Waals surface area contributed by atoms with Crippen LogP contribution in [0.2, 0.25) is 0 Å². The highest BCUT2D eigenvalue weighted by Crippen LogP contribution is 2.18. The second kappa shape index (κ2) is 7.12. The van der Waals surface area contributed by atoms with Gasteiger partial charge in [0.05, 0.1) is 0 Å². The molecule has 0 radical (unpaired) electrons. The number of nitrogens with zero attached hydrogens (tertiary/aromatic N) is 1. The third kappa shape index (κ3) is 5.38. The predicted molar refractivity (Wildman–Crippen MR) is 78.2 cm³/mol. The number of rotatable bonds is 8. The van der Waals surface area contributed by atoms with E-state index in [1.165, 1.54) is 12.8 Å². The van der Waals surface area contributed by atoms with Gasteiger partial charge in [-0.1, -0.05) is 15.9 Å². The van der Waals surface area contributed by atoms with Gasteiger partial charge in [-0.3, -0.25) is 0 Å². The number of ether oxygens (including phenoxy) is 1. The summed E-state index contributed by atoms with van der Waals surface area (Å²) in [6, 6.07) is 8.77. The Kier molecular flexibility index (Phi) is 5.47. The topological polar surface area (TPSA) is 24.5 Å². The van der Waals surface area contributed by atoms with Gasteiger partial charge < -0.3 is 15.0 Å². The van der Waals surface area contributed by atoms with Crippen molar-refractivity contribution in [2.24, 2.45) is 0 Å². The Bertz CT molecular complexity index is 351. The van der Waals surface area contributed by atoms with E-state index in [1.807, 2.05) is 24.3 Å². The van der Waals surface area contributed by atoms with Gasteiger partial charge in [-0.2, -0.15) is 0 Å². The zero-order chi connectivity index (χ0) is 12.8. The van der Waals surface area contributed by atoms with Crippen LogP contribution in [0.5, 0.6) is 5.75 Å². The summed E-state index contributed by atoms with van der Waals surface area (Å²) in [5.74, 6) is 0.933. The molecule has 0 amide bonds. The lowest BCUT2D eigenvalue weighted by atomic mass is 10.3. The molecule has 3 nitrogen and oxygen atoms in total. The lowest BCUT2D eigenvalue weighted by molar-refractivity contribution is 0.237. The molecular formula is C14H21BrN2O. The Hall–Kier alpha value is -0.580. The minimum absolute atomic E-state index is 0.738. The molecule has 1 saturated carbocycles. The monoisotopic (exact) mass is 312 g/mol. The zero-order valence-corrected chi connectivity index (χ0v) is 12.4. The van der Waals surface area contributed by atoms with Crippen LogP contribution in [0.4, 0.5) is 0 Å². The SMILES string of the molecule is CN(CCNC1CC1)CCOc1ccc(Br)cc1. The normalized spacial score (nSPS) is 15.1. The van der Waals surface area contributed by atoms with E-state index < -0.39 is 0 Å². The van der Waals surface area contributed by atoms with E-state index in [4.69, 9.17) is 4.74 Å². The van der Waals surface area contributed by atoms with E-state index in [9.17, 15) is 0 Å². The maximum absolute atomic E-state index is 5.69. The van der Waals surface area contributed by atoms with Crippen LogP contribution in [0.25, 0.3) is 0 Å². The first-order chi connectivity index (χ1) is 8.74. The first-order valence-corrected chi connectivity index (χ1v) is 7.33. The van der Waals surface area contributed by atoms with E-state index in [0.717, 1.165) is 42.5 Å². The molecule has 0 spiro atoms. The molecule has 1 aliphatic carbocycles. The molecule has 18 heavy (non-hydrogen) atoms. The fraction of sp³-hybridized carbons (Fsp3) is 0.571. The average molecular weight is 313 g/mol. The summed E-state index contributed by atoms with van der Waals surface area (Å²) in [5.41, 5.74) is 0. The van der Waals surface area contributed by atoms with Crippen molar-refractivity contribution in [3.05, 3.63) is 28.7 Å². The van der Waals surface area contributed by atoms with Crippen molar-refractivity contribution in [2.45, 2.75) is 18.9 Å². The molecule has 0 atom stereocenters. The van der Waals surface area contributed by atoms with E-state index in [2.05, 4.69) is 33.2 Å². The number of likely N-dealkylation sites (N-methyl/N-ethyl adjacent to an activating group) is 1. The molecule has 1 aliphatic rings. The zero-order valence-electron chi connectivity index (χ0n) is 10.9.